The van der Waals surface area contributed by atoms with Crippen LogP contribution in [0.5, 0.6) is 5.75 Å². The molecule has 3 atom stereocenters. The van der Waals surface area contributed by atoms with Crippen LogP contribution in [0.4, 0.5) is 13.2 Å². The number of aliphatic carboxylic acids is 1. The van der Waals surface area contributed by atoms with Crippen LogP contribution < -0.4 is 4.74 Å². The maximum Gasteiger partial charge on any atom is 0.331 e. The number of methoxy groups -OCH3 is 1. The van der Waals surface area contributed by atoms with Gasteiger partial charge in [-0.3, -0.25) is 0 Å². The molecule has 3 nitrogen and oxygen atoms in total. The van der Waals surface area contributed by atoms with Crippen LogP contribution >= 0.6 is 0 Å². The van der Waals surface area contributed by atoms with Gasteiger partial charge < -0.3 is 9.84 Å². The van der Waals surface area contributed by atoms with Crippen molar-refractivity contribution in [2.45, 2.75) is 19.8 Å². The molecule has 0 saturated heterocycles. The van der Waals surface area contributed by atoms with Gasteiger partial charge in [-0.05, 0) is 36.1 Å². The molecule has 0 heterocycles. The zero-order chi connectivity index (χ0) is 17.3. The number of benzene rings is 1. The van der Waals surface area contributed by atoms with Gasteiger partial charge >= 0.3 is 5.97 Å². The Hall–Kier alpha value is -2.24. The minimum absolute atomic E-state index is 0.00105. The molecule has 1 aliphatic rings. The zero-order valence-corrected chi connectivity index (χ0v) is 12.9. The molecule has 0 fully saturated rings. The molecule has 0 aliphatic heterocycles. The van der Waals surface area contributed by atoms with E-state index in [1.165, 1.54) is 7.11 Å². The first-order valence-corrected chi connectivity index (χ1v) is 7.12. The molecule has 1 N–H and O–H groups in total. The molecule has 0 spiro atoms. The van der Waals surface area contributed by atoms with E-state index in [1.807, 2.05) is 0 Å². The molecule has 0 aromatic heterocycles. The van der Waals surface area contributed by atoms with Gasteiger partial charge in [-0.15, -0.1) is 0 Å². The molecule has 1 aromatic carbocycles. The van der Waals surface area contributed by atoms with Crippen molar-refractivity contribution >= 4 is 5.97 Å². The maximum atomic E-state index is 14.5. The SMILES string of the molecule is COc1ccc(F)c(C2C(F)=CC=C(C(=O)O)C(C)C2C)c1F. The fraction of sp³-hybridized carbons (Fsp3) is 0.353. The normalized spacial score (nSPS) is 24.5. The number of rotatable bonds is 3. The van der Waals surface area contributed by atoms with Crippen LogP contribution in [-0.4, -0.2) is 18.2 Å². The van der Waals surface area contributed by atoms with E-state index in [0.717, 1.165) is 24.3 Å². The summed E-state index contributed by atoms with van der Waals surface area (Å²) in [5.74, 6) is -6.50. The Morgan fingerprint density at radius 3 is 2.39 bits per heavy atom. The van der Waals surface area contributed by atoms with Gasteiger partial charge in [-0.1, -0.05) is 13.8 Å². The van der Waals surface area contributed by atoms with Gasteiger partial charge in [0, 0.05) is 17.1 Å². The summed E-state index contributed by atoms with van der Waals surface area (Å²) >= 11 is 0. The summed E-state index contributed by atoms with van der Waals surface area (Å²) in [5, 5.41) is 9.20. The smallest absolute Gasteiger partial charge is 0.331 e. The zero-order valence-electron chi connectivity index (χ0n) is 12.9. The van der Waals surface area contributed by atoms with Crippen molar-refractivity contribution in [2.75, 3.05) is 7.11 Å². The van der Waals surface area contributed by atoms with Gasteiger partial charge in [0.1, 0.15) is 11.6 Å². The van der Waals surface area contributed by atoms with Crippen LogP contribution in [0, 0.1) is 23.5 Å². The highest BCUT2D eigenvalue weighted by atomic mass is 19.1. The van der Waals surface area contributed by atoms with E-state index in [0.29, 0.717) is 0 Å². The summed E-state index contributed by atoms with van der Waals surface area (Å²) in [5.41, 5.74) is -0.448. The maximum absolute atomic E-state index is 14.5. The number of carboxylic acids is 1. The van der Waals surface area contributed by atoms with E-state index in [-0.39, 0.29) is 11.3 Å². The van der Waals surface area contributed by atoms with E-state index < -0.39 is 46.7 Å². The van der Waals surface area contributed by atoms with Crippen molar-refractivity contribution in [2.24, 2.45) is 11.8 Å². The van der Waals surface area contributed by atoms with E-state index in [1.54, 1.807) is 13.8 Å². The van der Waals surface area contributed by atoms with E-state index >= 15 is 0 Å². The lowest BCUT2D eigenvalue weighted by molar-refractivity contribution is -0.133. The first-order valence-electron chi connectivity index (χ1n) is 7.12. The highest BCUT2D eigenvalue weighted by Crippen LogP contribution is 2.44. The summed E-state index contributed by atoms with van der Waals surface area (Å²) < 4.78 is 48.0. The van der Waals surface area contributed by atoms with Crippen LogP contribution in [0.25, 0.3) is 0 Å². The summed E-state index contributed by atoms with van der Waals surface area (Å²) in [7, 11) is 1.23. The standard InChI is InChI=1S/C17H17F3O3/c1-8-9(2)14(11(18)5-4-10(8)17(21)22)15-12(19)6-7-13(23-3)16(15)20/h4-9,14H,1-3H3,(H,21,22). The Morgan fingerprint density at radius 1 is 1.17 bits per heavy atom. The molecular formula is C17H17F3O3. The lowest BCUT2D eigenvalue weighted by Gasteiger charge is -2.28. The van der Waals surface area contributed by atoms with E-state index in [9.17, 15) is 23.1 Å². The molecular weight excluding hydrogens is 309 g/mol. The Bertz CT molecular complexity index is 695. The van der Waals surface area contributed by atoms with Crippen LogP contribution in [0.15, 0.2) is 35.7 Å². The van der Waals surface area contributed by atoms with Crippen molar-refractivity contribution in [3.63, 3.8) is 0 Å². The summed E-state index contributed by atoms with van der Waals surface area (Å²) in [4.78, 5) is 11.3. The van der Waals surface area contributed by atoms with Crippen LogP contribution in [0.3, 0.4) is 0 Å². The number of ether oxygens (including phenoxy) is 1. The first kappa shape index (κ1) is 17.1. The van der Waals surface area contributed by atoms with E-state index in [4.69, 9.17) is 4.74 Å². The molecule has 1 aromatic rings. The highest BCUT2D eigenvalue weighted by molar-refractivity contribution is 5.87. The third-order valence-electron chi connectivity index (χ3n) is 4.39. The Balaban J connectivity index is 2.59. The van der Waals surface area contributed by atoms with Crippen molar-refractivity contribution in [3.8, 4) is 5.75 Å². The molecule has 6 heteroatoms. The second kappa shape index (κ2) is 6.48. The Morgan fingerprint density at radius 2 is 1.83 bits per heavy atom. The summed E-state index contributed by atoms with van der Waals surface area (Å²) in [6.45, 7) is 3.17. The number of hydrogen-bond donors (Lipinski definition) is 1. The number of allylic oxidation sites excluding steroid dienone is 3. The molecule has 1 aliphatic carbocycles. The number of carbonyl (C=O) groups is 1. The third kappa shape index (κ3) is 2.98. The molecule has 0 radical (unpaired) electrons. The Labute approximate surface area is 132 Å². The average molecular weight is 326 g/mol. The number of carboxylic acid groups (broad SMARTS) is 1. The first-order chi connectivity index (χ1) is 10.8. The molecule has 0 bridgehead atoms. The lowest BCUT2D eigenvalue weighted by Crippen LogP contribution is -2.23. The van der Waals surface area contributed by atoms with Crippen LogP contribution in [0.1, 0.15) is 25.3 Å². The predicted octanol–water partition coefficient (Wildman–Crippen LogP) is 4.21. The Kier molecular flexibility index (Phi) is 4.82. The molecule has 0 amide bonds. The fourth-order valence-electron chi connectivity index (χ4n) is 2.91. The molecule has 23 heavy (non-hydrogen) atoms. The summed E-state index contributed by atoms with van der Waals surface area (Å²) in [6.07, 6.45) is 2.11. The molecule has 0 saturated carbocycles. The van der Waals surface area contributed by atoms with Gasteiger partial charge in [0.15, 0.2) is 11.6 Å². The van der Waals surface area contributed by atoms with Crippen molar-refractivity contribution in [3.05, 3.63) is 52.9 Å². The number of hydrogen-bond acceptors (Lipinski definition) is 2. The number of halogens is 3. The summed E-state index contributed by atoms with van der Waals surface area (Å²) in [6, 6.07) is 2.14. The van der Waals surface area contributed by atoms with Crippen molar-refractivity contribution < 1.29 is 27.8 Å². The van der Waals surface area contributed by atoms with E-state index in [2.05, 4.69) is 0 Å². The second-order valence-corrected chi connectivity index (χ2v) is 5.58. The van der Waals surface area contributed by atoms with Gasteiger partial charge in [0.25, 0.3) is 0 Å². The van der Waals surface area contributed by atoms with Crippen molar-refractivity contribution in [1.29, 1.82) is 0 Å². The van der Waals surface area contributed by atoms with Gasteiger partial charge in [-0.25, -0.2) is 18.0 Å². The van der Waals surface area contributed by atoms with Crippen LogP contribution in [0.2, 0.25) is 0 Å². The second-order valence-electron chi connectivity index (χ2n) is 5.58. The average Bonchev–Trinajstić information content (AvgIpc) is 2.59. The van der Waals surface area contributed by atoms with Gasteiger partial charge in [0.2, 0.25) is 0 Å². The minimum Gasteiger partial charge on any atom is -0.494 e. The minimum atomic E-state index is -1.23. The van der Waals surface area contributed by atoms with Gasteiger partial charge in [0.05, 0.1) is 7.11 Å². The largest absolute Gasteiger partial charge is 0.494 e. The highest BCUT2D eigenvalue weighted by Gasteiger charge is 2.37. The molecule has 2 rings (SSSR count). The lowest BCUT2D eigenvalue weighted by atomic mass is 9.77. The van der Waals surface area contributed by atoms with Crippen LogP contribution in [-0.2, 0) is 4.79 Å². The molecule has 124 valence electrons. The fourth-order valence-corrected chi connectivity index (χ4v) is 2.91. The molecule has 3 unspecified atom stereocenters. The van der Waals surface area contributed by atoms with Gasteiger partial charge in [-0.2, -0.15) is 0 Å². The van der Waals surface area contributed by atoms with Crippen molar-refractivity contribution in [1.82, 2.24) is 0 Å². The third-order valence-corrected chi connectivity index (χ3v) is 4.39. The predicted molar refractivity (Wildman–Crippen MR) is 78.9 cm³/mol. The quantitative estimate of drug-likeness (QED) is 0.905. The topological polar surface area (TPSA) is 46.5 Å². The monoisotopic (exact) mass is 326 g/mol.